The zero-order chi connectivity index (χ0) is 13.3. The third kappa shape index (κ3) is 2.45. The minimum atomic E-state index is -1.10. The molecule has 3 N–H and O–H groups in total. The third-order valence-electron chi connectivity index (χ3n) is 2.30. The van der Waals surface area contributed by atoms with Crippen LogP contribution in [0.15, 0.2) is 26.8 Å². The first-order chi connectivity index (χ1) is 8.47. The quantitative estimate of drug-likeness (QED) is 0.876. The van der Waals surface area contributed by atoms with Crippen LogP contribution in [0.2, 0.25) is 0 Å². The van der Waals surface area contributed by atoms with Gasteiger partial charge in [0.15, 0.2) is 0 Å². The van der Waals surface area contributed by atoms with Gasteiger partial charge in [-0.1, -0.05) is 0 Å². The zero-order valence-corrected chi connectivity index (χ0v) is 10.6. The molecule has 0 amide bonds. The van der Waals surface area contributed by atoms with Crippen molar-refractivity contribution in [3.63, 3.8) is 0 Å². The molecule has 0 aliphatic carbocycles. The second-order valence-corrected chi connectivity index (χ2v) is 4.56. The molecule has 2 aromatic heterocycles. The molecule has 0 spiro atoms. The Hall–Kier alpha value is -2.02. The predicted molar refractivity (Wildman–Crippen MR) is 65.7 cm³/mol. The molecular weight excluding hydrogens is 254 g/mol. The SMILES string of the molecule is Cc1nc(Sc2nc(C(=O)O)ccc2N)oc1C. The molecule has 0 aliphatic heterocycles. The van der Waals surface area contributed by atoms with E-state index in [9.17, 15) is 4.79 Å². The van der Waals surface area contributed by atoms with Crippen LogP contribution in [-0.4, -0.2) is 21.0 Å². The van der Waals surface area contributed by atoms with Gasteiger partial charge in [-0.2, -0.15) is 0 Å². The molecule has 0 radical (unpaired) electrons. The highest BCUT2D eigenvalue weighted by Gasteiger charge is 2.13. The Morgan fingerprint density at radius 1 is 1.39 bits per heavy atom. The van der Waals surface area contributed by atoms with Gasteiger partial charge < -0.3 is 15.3 Å². The zero-order valence-electron chi connectivity index (χ0n) is 9.80. The van der Waals surface area contributed by atoms with Crippen LogP contribution < -0.4 is 5.73 Å². The molecule has 18 heavy (non-hydrogen) atoms. The van der Waals surface area contributed by atoms with Crippen molar-refractivity contribution in [2.75, 3.05) is 5.73 Å². The summed E-state index contributed by atoms with van der Waals surface area (Å²) in [7, 11) is 0. The van der Waals surface area contributed by atoms with Crippen molar-refractivity contribution in [2.24, 2.45) is 0 Å². The van der Waals surface area contributed by atoms with Crippen LogP contribution in [0.5, 0.6) is 0 Å². The minimum absolute atomic E-state index is 0.0632. The van der Waals surface area contributed by atoms with Crippen LogP contribution in [0.25, 0.3) is 0 Å². The van der Waals surface area contributed by atoms with Gasteiger partial charge in [-0.3, -0.25) is 0 Å². The molecule has 0 aliphatic rings. The molecule has 2 aromatic rings. The minimum Gasteiger partial charge on any atom is -0.477 e. The van der Waals surface area contributed by atoms with Crippen molar-refractivity contribution in [1.29, 1.82) is 0 Å². The first-order valence-electron chi connectivity index (χ1n) is 5.09. The lowest BCUT2D eigenvalue weighted by molar-refractivity contribution is 0.0690. The number of aromatic nitrogens is 2. The topological polar surface area (TPSA) is 102 Å². The van der Waals surface area contributed by atoms with Crippen molar-refractivity contribution >= 4 is 23.4 Å². The summed E-state index contributed by atoms with van der Waals surface area (Å²) in [6.07, 6.45) is 0. The molecule has 0 atom stereocenters. The fourth-order valence-electron chi connectivity index (χ4n) is 1.22. The van der Waals surface area contributed by atoms with Crippen molar-refractivity contribution in [1.82, 2.24) is 9.97 Å². The number of nitrogen functional groups attached to an aromatic ring is 1. The van der Waals surface area contributed by atoms with Crippen LogP contribution in [0, 0.1) is 13.8 Å². The molecule has 94 valence electrons. The number of nitrogens with zero attached hydrogens (tertiary/aromatic N) is 2. The van der Waals surface area contributed by atoms with E-state index in [2.05, 4.69) is 9.97 Å². The number of carbonyl (C=O) groups is 1. The van der Waals surface area contributed by atoms with E-state index in [0.29, 0.717) is 21.7 Å². The monoisotopic (exact) mass is 265 g/mol. The highest BCUT2D eigenvalue weighted by Crippen LogP contribution is 2.30. The van der Waals surface area contributed by atoms with Crippen LogP contribution >= 0.6 is 11.8 Å². The van der Waals surface area contributed by atoms with Gasteiger partial charge in [-0.15, -0.1) is 0 Å². The number of rotatable bonds is 3. The van der Waals surface area contributed by atoms with Gasteiger partial charge in [0.2, 0.25) is 0 Å². The number of aryl methyl sites for hydroxylation is 2. The Morgan fingerprint density at radius 2 is 2.11 bits per heavy atom. The molecule has 0 bridgehead atoms. The Labute approximate surface area is 107 Å². The normalized spacial score (nSPS) is 10.6. The van der Waals surface area contributed by atoms with Crippen molar-refractivity contribution in [3.8, 4) is 0 Å². The first kappa shape index (κ1) is 12.4. The molecule has 0 saturated carbocycles. The van der Waals surface area contributed by atoms with Crippen LogP contribution in [0.1, 0.15) is 21.9 Å². The number of hydrogen-bond donors (Lipinski definition) is 2. The number of oxazole rings is 1. The van der Waals surface area contributed by atoms with Crippen molar-refractivity contribution in [3.05, 3.63) is 29.3 Å². The first-order valence-corrected chi connectivity index (χ1v) is 5.90. The largest absolute Gasteiger partial charge is 0.477 e. The lowest BCUT2D eigenvalue weighted by Gasteiger charge is -2.02. The van der Waals surface area contributed by atoms with E-state index in [1.54, 1.807) is 6.92 Å². The molecule has 2 rings (SSSR count). The van der Waals surface area contributed by atoms with E-state index in [4.69, 9.17) is 15.3 Å². The van der Waals surface area contributed by atoms with Gasteiger partial charge in [0.1, 0.15) is 16.5 Å². The average molecular weight is 265 g/mol. The summed E-state index contributed by atoms with van der Waals surface area (Å²) in [4.78, 5) is 18.9. The van der Waals surface area contributed by atoms with Crippen molar-refractivity contribution in [2.45, 2.75) is 24.1 Å². The molecule has 7 heteroatoms. The smallest absolute Gasteiger partial charge is 0.354 e. The summed E-state index contributed by atoms with van der Waals surface area (Å²) in [5, 5.41) is 9.63. The van der Waals surface area contributed by atoms with Gasteiger partial charge in [0, 0.05) is 0 Å². The maximum atomic E-state index is 10.8. The molecular formula is C11H11N3O3S. The maximum Gasteiger partial charge on any atom is 0.354 e. The van der Waals surface area contributed by atoms with Gasteiger partial charge >= 0.3 is 5.97 Å². The number of aromatic carboxylic acids is 1. The Bertz CT molecular complexity index is 590. The second kappa shape index (κ2) is 4.69. The summed E-state index contributed by atoms with van der Waals surface area (Å²) >= 11 is 1.10. The number of anilines is 1. The number of nitrogens with two attached hydrogens (primary N) is 1. The van der Waals surface area contributed by atoms with E-state index in [0.717, 1.165) is 17.5 Å². The van der Waals surface area contributed by atoms with Gasteiger partial charge in [0.05, 0.1) is 11.4 Å². The Morgan fingerprint density at radius 3 is 2.67 bits per heavy atom. The molecule has 0 unspecified atom stereocenters. The van der Waals surface area contributed by atoms with Gasteiger partial charge in [-0.05, 0) is 37.7 Å². The summed E-state index contributed by atoms with van der Waals surface area (Å²) in [6, 6.07) is 2.86. The lowest BCUT2D eigenvalue weighted by Crippen LogP contribution is -2.02. The molecule has 6 nitrogen and oxygen atoms in total. The fraction of sp³-hybridized carbons (Fsp3) is 0.182. The summed E-state index contributed by atoms with van der Waals surface area (Å²) in [6.45, 7) is 3.63. The van der Waals surface area contributed by atoms with E-state index in [1.807, 2.05) is 6.92 Å². The van der Waals surface area contributed by atoms with E-state index >= 15 is 0 Å². The molecule has 0 fully saturated rings. The highest BCUT2D eigenvalue weighted by molar-refractivity contribution is 7.99. The third-order valence-corrected chi connectivity index (χ3v) is 3.17. The molecule has 0 saturated heterocycles. The van der Waals surface area contributed by atoms with Gasteiger partial charge in [-0.25, -0.2) is 14.8 Å². The highest BCUT2D eigenvalue weighted by atomic mass is 32.2. The number of pyridine rings is 1. The van der Waals surface area contributed by atoms with Crippen LogP contribution in [0.4, 0.5) is 5.69 Å². The average Bonchev–Trinajstić information content (AvgIpc) is 2.61. The van der Waals surface area contributed by atoms with Gasteiger partial charge in [0.25, 0.3) is 5.22 Å². The molecule has 0 aromatic carbocycles. The van der Waals surface area contributed by atoms with E-state index in [1.165, 1.54) is 12.1 Å². The molecule has 2 heterocycles. The lowest BCUT2D eigenvalue weighted by atomic mass is 10.3. The number of carboxylic acid groups (broad SMARTS) is 1. The standard InChI is InChI=1S/C11H11N3O3S/c1-5-6(2)17-11(13-5)18-9-7(12)3-4-8(14-9)10(15)16/h3-4H,12H2,1-2H3,(H,15,16). The van der Waals surface area contributed by atoms with E-state index in [-0.39, 0.29) is 5.69 Å². The van der Waals surface area contributed by atoms with E-state index < -0.39 is 5.97 Å². The summed E-state index contributed by atoms with van der Waals surface area (Å²) < 4.78 is 5.38. The van der Waals surface area contributed by atoms with Crippen LogP contribution in [0.3, 0.4) is 0 Å². The Balaban J connectivity index is 2.33. The summed E-state index contributed by atoms with van der Waals surface area (Å²) in [5.74, 6) is -0.387. The number of carboxylic acids is 1. The maximum absolute atomic E-state index is 10.8. The Kier molecular flexibility index (Phi) is 3.24. The van der Waals surface area contributed by atoms with Crippen LogP contribution in [-0.2, 0) is 0 Å². The fourth-order valence-corrected chi connectivity index (χ4v) is 2.07. The predicted octanol–water partition coefficient (Wildman–Crippen LogP) is 2.12. The van der Waals surface area contributed by atoms with Crippen molar-refractivity contribution < 1.29 is 14.3 Å². The number of hydrogen-bond acceptors (Lipinski definition) is 6. The second-order valence-electron chi connectivity index (χ2n) is 3.62. The summed E-state index contributed by atoms with van der Waals surface area (Å²) in [5.41, 5.74) is 6.84.